The molecule has 1 N–H and O–H groups in total. The molecule has 7 nitrogen and oxygen atoms in total. The number of halogens is 3. The first kappa shape index (κ1) is 30.2. The Balaban J connectivity index is 2.57. The van der Waals surface area contributed by atoms with E-state index in [2.05, 4.69) is 5.32 Å². The molecule has 1 unspecified atom stereocenters. The smallest absolute Gasteiger partial charge is 0.244 e. The van der Waals surface area contributed by atoms with E-state index in [0.717, 1.165) is 10.6 Å². The lowest BCUT2D eigenvalue weighted by atomic mass is 10.1. The quantitative estimate of drug-likeness (QED) is 0.430. The largest absolute Gasteiger partial charge is 0.350 e. The summed E-state index contributed by atoms with van der Waals surface area (Å²) in [5.74, 6) is -0.960. The highest BCUT2D eigenvalue weighted by molar-refractivity contribution is 7.92. The van der Waals surface area contributed by atoms with Crippen molar-refractivity contribution in [1.29, 1.82) is 0 Å². The van der Waals surface area contributed by atoms with Crippen LogP contribution in [0.15, 0.2) is 36.4 Å². The Morgan fingerprint density at radius 3 is 2.03 bits per heavy atom. The molecule has 0 aromatic heterocycles. The van der Waals surface area contributed by atoms with Crippen molar-refractivity contribution in [2.24, 2.45) is 0 Å². The Morgan fingerprint density at radius 2 is 1.53 bits per heavy atom. The first-order valence-corrected chi connectivity index (χ1v) is 14.3. The molecule has 11 heteroatoms. The van der Waals surface area contributed by atoms with E-state index in [4.69, 9.17) is 34.8 Å². The van der Waals surface area contributed by atoms with Gasteiger partial charge in [-0.15, -0.1) is 0 Å². The number of carbonyl (C=O) groups is 2. The van der Waals surface area contributed by atoms with E-state index in [1.54, 1.807) is 50.2 Å². The van der Waals surface area contributed by atoms with Gasteiger partial charge in [-0.2, -0.15) is 0 Å². The van der Waals surface area contributed by atoms with Crippen LogP contribution in [0.2, 0.25) is 15.1 Å². The molecular weight excluding hydrogens is 545 g/mol. The molecule has 2 aromatic carbocycles. The van der Waals surface area contributed by atoms with Gasteiger partial charge in [0.15, 0.2) is 0 Å². The number of nitrogens with zero attached hydrogens (tertiary/aromatic N) is 2. The molecule has 0 aliphatic rings. The van der Waals surface area contributed by atoms with Crippen molar-refractivity contribution < 1.29 is 18.0 Å². The van der Waals surface area contributed by atoms with Crippen LogP contribution in [-0.4, -0.2) is 49.5 Å². The van der Waals surface area contributed by atoms with Crippen molar-refractivity contribution in [3.63, 3.8) is 0 Å². The standard InChI is InChI=1S/C25H32Cl3N3O4S/c1-7-21(24(33)29-25(3,4)5)30(14-17-19(27)11-8-12-20(17)28)23(32)15-31(36(6,34)35)22-13-9-10-18(26)16(22)2/h8-13,21H,7,14-15H2,1-6H3,(H,29,33). The van der Waals surface area contributed by atoms with Crippen LogP contribution < -0.4 is 9.62 Å². The molecule has 1 atom stereocenters. The van der Waals surface area contributed by atoms with Crippen molar-refractivity contribution in [2.45, 2.75) is 59.2 Å². The minimum Gasteiger partial charge on any atom is -0.350 e. The van der Waals surface area contributed by atoms with Gasteiger partial charge < -0.3 is 10.2 Å². The lowest BCUT2D eigenvalue weighted by Gasteiger charge is -2.35. The van der Waals surface area contributed by atoms with E-state index in [1.807, 2.05) is 20.8 Å². The molecule has 0 bridgehead atoms. The summed E-state index contributed by atoms with van der Waals surface area (Å²) in [6.07, 6.45) is 1.30. The molecule has 198 valence electrons. The molecule has 2 amide bonds. The summed E-state index contributed by atoms with van der Waals surface area (Å²) < 4.78 is 26.5. The third kappa shape index (κ3) is 7.75. The Morgan fingerprint density at radius 1 is 1.00 bits per heavy atom. The van der Waals surface area contributed by atoms with E-state index in [-0.39, 0.29) is 24.6 Å². The minimum absolute atomic E-state index is 0.0838. The van der Waals surface area contributed by atoms with Gasteiger partial charge >= 0.3 is 0 Å². The second kappa shape index (κ2) is 12.0. The zero-order chi connectivity index (χ0) is 27.4. The van der Waals surface area contributed by atoms with Crippen molar-refractivity contribution in [1.82, 2.24) is 10.2 Å². The minimum atomic E-state index is -3.88. The molecule has 2 rings (SSSR count). The molecule has 0 heterocycles. The van der Waals surface area contributed by atoms with E-state index in [1.165, 1.54) is 4.90 Å². The van der Waals surface area contributed by atoms with E-state index in [9.17, 15) is 18.0 Å². The fraction of sp³-hybridized carbons (Fsp3) is 0.440. The zero-order valence-corrected chi connectivity index (χ0v) is 24.3. The summed E-state index contributed by atoms with van der Waals surface area (Å²) in [5.41, 5.74) is 0.704. The second-order valence-corrected chi connectivity index (χ2v) is 12.7. The Bertz CT molecular complexity index is 1210. The van der Waals surface area contributed by atoms with Gasteiger partial charge in [-0.05, 0) is 63.9 Å². The third-order valence-corrected chi connectivity index (χ3v) is 7.71. The van der Waals surface area contributed by atoms with Crippen LogP contribution in [0.5, 0.6) is 0 Å². The molecule has 0 radical (unpaired) electrons. The summed E-state index contributed by atoms with van der Waals surface area (Å²) in [5, 5.41) is 3.93. The molecule has 0 saturated heterocycles. The van der Waals surface area contributed by atoms with Crippen LogP contribution in [0.4, 0.5) is 5.69 Å². The van der Waals surface area contributed by atoms with Crippen molar-refractivity contribution in [3.05, 3.63) is 62.6 Å². The number of nitrogens with one attached hydrogen (secondary N) is 1. The van der Waals surface area contributed by atoms with Gasteiger partial charge in [0.25, 0.3) is 0 Å². The molecule has 0 spiro atoms. The average molecular weight is 577 g/mol. The number of amides is 2. The van der Waals surface area contributed by atoms with Crippen LogP contribution in [0.3, 0.4) is 0 Å². The maximum absolute atomic E-state index is 13.8. The number of hydrogen-bond donors (Lipinski definition) is 1. The maximum atomic E-state index is 13.8. The Hall–Kier alpha value is -2.00. The van der Waals surface area contributed by atoms with Gasteiger partial charge in [0.1, 0.15) is 12.6 Å². The van der Waals surface area contributed by atoms with Gasteiger partial charge in [-0.1, -0.05) is 53.9 Å². The summed E-state index contributed by atoms with van der Waals surface area (Å²) in [6.45, 7) is 8.33. The monoisotopic (exact) mass is 575 g/mol. The van der Waals surface area contributed by atoms with Gasteiger partial charge in [0.2, 0.25) is 21.8 Å². The highest BCUT2D eigenvalue weighted by atomic mass is 35.5. The molecular formula is C25H32Cl3N3O4S. The van der Waals surface area contributed by atoms with Crippen LogP contribution in [0.25, 0.3) is 0 Å². The number of sulfonamides is 1. The summed E-state index contributed by atoms with van der Waals surface area (Å²) in [6, 6.07) is 8.88. The lowest BCUT2D eigenvalue weighted by molar-refractivity contribution is -0.141. The molecule has 36 heavy (non-hydrogen) atoms. The SMILES string of the molecule is CCC(C(=O)NC(C)(C)C)N(Cc1c(Cl)cccc1Cl)C(=O)CN(c1cccc(Cl)c1C)S(C)(=O)=O. The molecule has 2 aromatic rings. The number of hydrogen-bond acceptors (Lipinski definition) is 4. The van der Waals surface area contributed by atoms with Gasteiger partial charge in [0, 0.05) is 32.7 Å². The molecule has 0 fully saturated rings. The Labute approximate surface area is 228 Å². The molecule has 0 aliphatic heterocycles. The number of benzene rings is 2. The predicted octanol–water partition coefficient (Wildman–Crippen LogP) is 5.44. The van der Waals surface area contributed by atoms with E-state index < -0.39 is 34.1 Å². The first-order chi connectivity index (χ1) is 16.6. The van der Waals surface area contributed by atoms with Crippen LogP contribution in [-0.2, 0) is 26.2 Å². The topological polar surface area (TPSA) is 86.8 Å². The average Bonchev–Trinajstić information content (AvgIpc) is 2.74. The van der Waals surface area contributed by atoms with Crippen molar-refractivity contribution in [2.75, 3.05) is 17.1 Å². The van der Waals surface area contributed by atoms with Crippen LogP contribution in [0, 0.1) is 6.92 Å². The van der Waals surface area contributed by atoms with Gasteiger partial charge in [-0.3, -0.25) is 13.9 Å². The summed E-state index contributed by atoms with van der Waals surface area (Å²) >= 11 is 19.0. The highest BCUT2D eigenvalue weighted by Crippen LogP contribution is 2.30. The number of rotatable bonds is 9. The summed E-state index contributed by atoms with van der Waals surface area (Å²) in [4.78, 5) is 28.3. The predicted molar refractivity (Wildman–Crippen MR) is 147 cm³/mol. The highest BCUT2D eigenvalue weighted by Gasteiger charge is 2.34. The fourth-order valence-electron chi connectivity index (χ4n) is 3.69. The maximum Gasteiger partial charge on any atom is 0.244 e. The normalized spacial score (nSPS) is 12.7. The Kier molecular flexibility index (Phi) is 10.1. The summed E-state index contributed by atoms with van der Waals surface area (Å²) in [7, 11) is -3.88. The molecule has 0 aliphatic carbocycles. The number of anilines is 1. The lowest BCUT2D eigenvalue weighted by Crippen LogP contribution is -2.55. The number of carbonyl (C=O) groups excluding carboxylic acids is 2. The van der Waals surface area contributed by atoms with Gasteiger partial charge in [0.05, 0.1) is 11.9 Å². The van der Waals surface area contributed by atoms with Crippen LogP contribution in [0.1, 0.15) is 45.2 Å². The van der Waals surface area contributed by atoms with E-state index >= 15 is 0 Å². The first-order valence-electron chi connectivity index (χ1n) is 11.3. The van der Waals surface area contributed by atoms with Gasteiger partial charge in [-0.25, -0.2) is 8.42 Å². The van der Waals surface area contributed by atoms with Crippen LogP contribution >= 0.6 is 34.8 Å². The third-order valence-electron chi connectivity index (χ3n) is 5.46. The van der Waals surface area contributed by atoms with Crippen molar-refractivity contribution >= 4 is 62.3 Å². The van der Waals surface area contributed by atoms with E-state index in [0.29, 0.717) is 26.2 Å². The molecule has 0 saturated carbocycles. The van der Waals surface area contributed by atoms with Crippen molar-refractivity contribution in [3.8, 4) is 0 Å². The zero-order valence-electron chi connectivity index (χ0n) is 21.2. The fourth-order valence-corrected chi connectivity index (χ4v) is 5.27. The second-order valence-electron chi connectivity index (χ2n) is 9.54.